The zero-order valence-corrected chi connectivity index (χ0v) is 14.0. The fraction of sp³-hybridized carbons (Fsp3) is 0.750. The Morgan fingerprint density at radius 2 is 1.71 bits per heavy atom. The van der Waals surface area contributed by atoms with Gasteiger partial charge in [-0.1, -0.05) is 6.92 Å². The highest BCUT2D eigenvalue weighted by Gasteiger charge is 2.45. The van der Waals surface area contributed by atoms with Gasteiger partial charge in [0, 0.05) is 6.42 Å². The van der Waals surface area contributed by atoms with E-state index in [4.69, 9.17) is 18.9 Å². The Morgan fingerprint density at radius 3 is 2.29 bits per heavy atom. The van der Waals surface area contributed by atoms with Crippen LogP contribution in [0.5, 0.6) is 0 Å². The number of ether oxygens (including phenoxy) is 4. The topological polar surface area (TPSA) is 105 Å². The van der Waals surface area contributed by atoms with E-state index in [9.17, 15) is 19.2 Å². The quantitative estimate of drug-likeness (QED) is 0.532. The molecule has 2 aliphatic rings. The van der Waals surface area contributed by atoms with Gasteiger partial charge in [0.25, 0.3) is 0 Å². The molecule has 0 saturated carbocycles. The lowest BCUT2D eigenvalue weighted by molar-refractivity contribution is -0.191. The van der Waals surface area contributed by atoms with Crippen molar-refractivity contribution >= 4 is 23.9 Å². The third-order valence-electron chi connectivity index (χ3n) is 4.39. The number of cyclic esters (lactones) is 2. The van der Waals surface area contributed by atoms with Crippen LogP contribution in [-0.2, 0) is 38.1 Å². The van der Waals surface area contributed by atoms with Crippen LogP contribution in [0.25, 0.3) is 0 Å². The number of hydrogen-bond donors (Lipinski definition) is 0. The zero-order chi connectivity index (χ0) is 17.9. The summed E-state index contributed by atoms with van der Waals surface area (Å²) >= 11 is 0. The monoisotopic (exact) mass is 342 g/mol. The molecular formula is C16H22O8. The molecule has 0 spiro atoms. The number of rotatable bonds is 5. The lowest BCUT2D eigenvalue weighted by Gasteiger charge is -2.31. The van der Waals surface area contributed by atoms with E-state index in [0.29, 0.717) is 6.42 Å². The van der Waals surface area contributed by atoms with Crippen LogP contribution in [0.2, 0.25) is 0 Å². The molecule has 0 aromatic carbocycles. The second-order valence-electron chi connectivity index (χ2n) is 6.51. The maximum absolute atomic E-state index is 12.3. The van der Waals surface area contributed by atoms with E-state index in [2.05, 4.69) is 0 Å². The van der Waals surface area contributed by atoms with E-state index < -0.39 is 47.4 Å². The number of carbonyl (C=O) groups excluding carboxylic acids is 4. The molecule has 0 bridgehead atoms. The summed E-state index contributed by atoms with van der Waals surface area (Å²) in [7, 11) is 0. The maximum atomic E-state index is 12.3. The van der Waals surface area contributed by atoms with Crippen LogP contribution in [0.1, 0.15) is 40.0 Å². The van der Waals surface area contributed by atoms with Crippen LogP contribution in [0.4, 0.5) is 0 Å². The average molecular weight is 342 g/mol. The van der Waals surface area contributed by atoms with Gasteiger partial charge < -0.3 is 18.9 Å². The van der Waals surface area contributed by atoms with Gasteiger partial charge in [0.15, 0.2) is 0 Å². The Kier molecular flexibility index (Phi) is 5.46. The molecular weight excluding hydrogens is 320 g/mol. The van der Waals surface area contributed by atoms with Gasteiger partial charge in [-0.25, -0.2) is 9.59 Å². The first-order chi connectivity index (χ1) is 11.3. The minimum absolute atomic E-state index is 0.0267. The Bertz CT molecular complexity index is 538. The van der Waals surface area contributed by atoms with E-state index in [1.807, 2.05) is 6.92 Å². The highest BCUT2D eigenvalue weighted by molar-refractivity contribution is 5.89. The van der Waals surface area contributed by atoms with E-state index in [1.54, 1.807) is 13.8 Å². The van der Waals surface area contributed by atoms with E-state index in [-0.39, 0.29) is 26.1 Å². The maximum Gasteiger partial charge on any atom is 0.348 e. The van der Waals surface area contributed by atoms with Crippen molar-refractivity contribution in [3.05, 3.63) is 0 Å². The molecule has 8 heteroatoms. The average Bonchev–Trinajstić information content (AvgIpc) is 2.94. The smallest absolute Gasteiger partial charge is 0.348 e. The van der Waals surface area contributed by atoms with E-state index >= 15 is 0 Å². The standard InChI is InChI=1S/C16H22O8/c1-4-16(2,3)15(20)24-11-9(5-7-22-14(11)19)12(17)23-10-6-8-21-13(10)18/h9-11H,4-8H2,1-3H3. The van der Waals surface area contributed by atoms with Gasteiger partial charge in [0.2, 0.25) is 12.2 Å². The fourth-order valence-electron chi connectivity index (χ4n) is 2.29. The van der Waals surface area contributed by atoms with Crippen molar-refractivity contribution in [2.45, 2.75) is 52.2 Å². The third kappa shape index (κ3) is 3.85. The van der Waals surface area contributed by atoms with Crippen molar-refractivity contribution in [3.8, 4) is 0 Å². The van der Waals surface area contributed by atoms with Gasteiger partial charge >= 0.3 is 23.9 Å². The molecule has 0 radical (unpaired) electrons. The molecule has 2 saturated heterocycles. The largest absolute Gasteiger partial charge is 0.463 e. The minimum atomic E-state index is -1.36. The second kappa shape index (κ2) is 7.19. The minimum Gasteiger partial charge on any atom is -0.463 e. The SMILES string of the molecule is CCC(C)(C)C(=O)OC1C(=O)OCCC1C(=O)OC1CCOC1=O. The molecule has 2 aliphatic heterocycles. The predicted molar refractivity (Wildman–Crippen MR) is 78.5 cm³/mol. The number of carbonyl (C=O) groups is 4. The first kappa shape index (κ1) is 18.2. The van der Waals surface area contributed by atoms with Gasteiger partial charge in [0.05, 0.1) is 18.6 Å². The van der Waals surface area contributed by atoms with Gasteiger partial charge in [-0.15, -0.1) is 0 Å². The van der Waals surface area contributed by atoms with Gasteiger partial charge in [-0.2, -0.15) is 0 Å². The molecule has 2 heterocycles. The van der Waals surface area contributed by atoms with Crippen molar-refractivity contribution in [1.29, 1.82) is 0 Å². The van der Waals surface area contributed by atoms with Gasteiger partial charge in [0.1, 0.15) is 5.92 Å². The molecule has 0 amide bonds. The summed E-state index contributed by atoms with van der Waals surface area (Å²) in [5.41, 5.74) is -0.790. The Labute approximate surface area is 139 Å². The lowest BCUT2D eigenvalue weighted by atomic mass is 9.90. The Balaban J connectivity index is 2.07. The summed E-state index contributed by atoms with van der Waals surface area (Å²) in [6.07, 6.45) is -1.39. The van der Waals surface area contributed by atoms with Gasteiger partial charge in [-0.3, -0.25) is 9.59 Å². The Morgan fingerprint density at radius 1 is 1.08 bits per heavy atom. The molecule has 3 unspecified atom stereocenters. The molecule has 0 aliphatic carbocycles. The van der Waals surface area contributed by atoms with Crippen molar-refractivity contribution in [1.82, 2.24) is 0 Å². The molecule has 24 heavy (non-hydrogen) atoms. The third-order valence-corrected chi connectivity index (χ3v) is 4.39. The van der Waals surface area contributed by atoms with Gasteiger partial charge in [-0.05, 0) is 26.7 Å². The molecule has 134 valence electrons. The molecule has 2 fully saturated rings. The fourth-order valence-corrected chi connectivity index (χ4v) is 2.29. The van der Waals surface area contributed by atoms with Crippen LogP contribution >= 0.6 is 0 Å². The molecule has 8 nitrogen and oxygen atoms in total. The van der Waals surface area contributed by atoms with E-state index in [1.165, 1.54) is 0 Å². The number of hydrogen-bond acceptors (Lipinski definition) is 8. The van der Waals surface area contributed by atoms with Crippen LogP contribution in [0, 0.1) is 11.3 Å². The summed E-state index contributed by atoms with van der Waals surface area (Å²) in [5.74, 6) is -3.73. The highest BCUT2D eigenvalue weighted by atomic mass is 16.6. The zero-order valence-electron chi connectivity index (χ0n) is 14.0. The summed E-state index contributed by atoms with van der Waals surface area (Å²) in [4.78, 5) is 47.9. The van der Waals surface area contributed by atoms with Crippen LogP contribution in [0.15, 0.2) is 0 Å². The second-order valence-corrected chi connectivity index (χ2v) is 6.51. The summed E-state index contributed by atoms with van der Waals surface area (Å²) in [5, 5.41) is 0. The van der Waals surface area contributed by atoms with Crippen LogP contribution in [-0.4, -0.2) is 49.3 Å². The molecule has 2 rings (SSSR count). The predicted octanol–water partition coefficient (Wildman–Crippen LogP) is 0.756. The molecule has 0 N–H and O–H groups in total. The van der Waals surface area contributed by atoms with Crippen LogP contribution in [0.3, 0.4) is 0 Å². The lowest BCUT2D eigenvalue weighted by Crippen LogP contribution is -2.47. The normalized spacial score (nSPS) is 27.2. The highest BCUT2D eigenvalue weighted by Crippen LogP contribution is 2.28. The van der Waals surface area contributed by atoms with Crippen molar-refractivity contribution in [3.63, 3.8) is 0 Å². The van der Waals surface area contributed by atoms with Crippen molar-refractivity contribution < 1.29 is 38.1 Å². The van der Waals surface area contributed by atoms with Crippen LogP contribution < -0.4 is 0 Å². The molecule has 0 aromatic rings. The molecule has 0 aromatic heterocycles. The summed E-state index contributed by atoms with van der Waals surface area (Å²) in [6.45, 7) is 5.40. The number of esters is 4. The first-order valence-corrected chi connectivity index (χ1v) is 8.01. The van der Waals surface area contributed by atoms with Crippen molar-refractivity contribution in [2.75, 3.05) is 13.2 Å². The summed E-state index contributed by atoms with van der Waals surface area (Å²) < 4.78 is 20.0. The summed E-state index contributed by atoms with van der Waals surface area (Å²) in [6, 6.07) is 0. The Hall–Kier alpha value is -2.12. The van der Waals surface area contributed by atoms with Crippen molar-refractivity contribution in [2.24, 2.45) is 11.3 Å². The molecule has 3 atom stereocenters. The van der Waals surface area contributed by atoms with E-state index in [0.717, 1.165) is 0 Å². The first-order valence-electron chi connectivity index (χ1n) is 8.01.